The molecule has 0 aliphatic rings. The Morgan fingerprint density at radius 1 is 1.21 bits per heavy atom. The lowest BCUT2D eigenvalue weighted by Gasteiger charge is -2.09. The van der Waals surface area contributed by atoms with Gasteiger partial charge in [0.25, 0.3) is 0 Å². The van der Waals surface area contributed by atoms with E-state index in [1.54, 1.807) is 13.1 Å². The highest BCUT2D eigenvalue weighted by molar-refractivity contribution is 7.13. The fourth-order valence-electron chi connectivity index (χ4n) is 2.52. The summed E-state index contributed by atoms with van der Waals surface area (Å²) in [7, 11) is 0. The van der Waals surface area contributed by atoms with Gasteiger partial charge in [0, 0.05) is 10.9 Å². The molecule has 29 heavy (non-hydrogen) atoms. The topological polar surface area (TPSA) is 72.8 Å². The molecule has 0 aliphatic heterocycles. The molecule has 0 amide bonds. The molecule has 3 rings (SSSR count). The molecule has 6 nitrogen and oxygen atoms in total. The van der Waals surface area contributed by atoms with E-state index in [-0.39, 0.29) is 12.4 Å². The van der Waals surface area contributed by atoms with Crippen molar-refractivity contribution in [1.82, 2.24) is 4.98 Å². The average Bonchev–Trinajstić information content (AvgIpc) is 3.15. The Labute approximate surface area is 174 Å². The number of benzene rings is 2. The fourth-order valence-corrected chi connectivity index (χ4v) is 3.18. The summed E-state index contributed by atoms with van der Waals surface area (Å²) in [6.45, 7) is 4.70. The maximum Gasteiger partial charge on any atom is 0.311 e. The van der Waals surface area contributed by atoms with Crippen LogP contribution < -0.4 is 10.2 Å². The zero-order valence-corrected chi connectivity index (χ0v) is 17.2. The maximum atomic E-state index is 11.5. The maximum absolute atomic E-state index is 11.5. The molecule has 1 heterocycles. The number of aryl methyl sites for hydroxylation is 1. The lowest BCUT2D eigenvalue weighted by Crippen LogP contribution is -2.07. The normalized spacial score (nSPS) is 10.8. The van der Waals surface area contributed by atoms with Gasteiger partial charge in [-0.25, -0.2) is 4.98 Å². The van der Waals surface area contributed by atoms with E-state index >= 15 is 0 Å². The second kappa shape index (κ2) is 10.4. The van der Waals surface area contributed by atoms with Gasteiger partial charge >= 0.3 is 5.97 Å². The Hall–Kier alpha value is -3.19. The standard InChI is InChI=1S/C22H23N3O3S/c1-3-27-21(26)12-19-15-29-22(24-19)25-23-13-18-6-4-5-7-20(18)28-14-17-10-8-16(2)9-11-17/h4-11,13,15H,3,12,14H2,1-2H3,(H,24,25)/b23-13-. The predicted molar refractivity (Wildman–Crippen MR) is 116 cm³/mol. The van der Waals surface area contributed by atoms with Crippen LogP contribution in [0.2, 0.25) is 0 Å². The lowest BCUT2D eigenvalue weighted by atomic mass is 10.1. The van der Waals surface area contributed by atoms with Crippen LogP contribution in [0.3, 0.4) is 0 Å². The number of rotatable bonds is 9. The van der Waals surface area contributed by atoms with Crippen LogP contribution in [0.15, 0.2) is 59.0 Å². The van der Waals surface area contributed by atoms with Gasteiger partial charge in [-0.15, -0.1) is 11.3 Å². The molecule has 0 fully saturated rings. The Morgan fingerprint density at radius 3 is 2.79 bits per heavy atom. The number of aromatic nitrogens is 1. The molecule has 7 heteroatoms. The van der Waals surface area contributed by atoms with Crippen LogP contribution in [-0.4, -0.2) is 23.8 Å². The smallest absolute Gasteiger partial charge is 0.311 e. The Balaban J connectivity index is 1.57. The van der Waals surface area contributed by atoms with Crippen molar-refractivity contribution in [1.29, 1.82) is 0 Å². The third-order valence-electron chi connectivity index (χ3n) is 3.98. The van der Waals surface area contributed by atoms with Crippen molar-refractivity contribution >= 4 is 28.7 Å². The third kappa shape index (κ3) is 6.43. The summed E-state index contributed by atoms with van der Waals surface area (Å²) >= 11 is 1.38. The van der Waals surface area contributed by atoms with Crippen LogP contribution in [0.1, 0.15) is 29.3 Å². The number of carbonyl (C=O) groups excluding carboxylic acids is 1. The summed E-state index contributed by atoms with van der Waals surface area (Å²) in [5.74, 6) is 0.466. The molecule has 1 N–H and O–H groups in total. The summed E-state index contributed by atoms with van der Waals surface area (Å²) in [5, 5.41) is 6.67. The highest BCUT2D eigenvalue weighted by Crippen LogP contribution is 2.19. The van der Waals surface area contributed by atoms with E-state index in [0.717, 1.165) is 16.9 Å². The van der Waals surface area contributed by atoms with E-state index < -0.39 is 0 Å². The van der Waals surface area contributed by atoms with Crippen molar-refractivity contribution in [2.24, 2.45) is 5.10 Å². The number of hydrogen-bond acceptors (Lipinski definition) is 7. The van der Waals surface area contributed by atoms with Gasteiger partial charge in [-0.05, 0) is 31.5 Å². The van der Waals surface area contributed by atoms with E-state index in [9.17, 15) is 4.79 Å². The minimum Gasteiger partial charge on any atom is -0.488 e. The molecule has 2 aromatic carbocycles. The second-order valence-corrected chi connectivity index (χ2v) is 7.17. The quantitative estimate of drug-likeness (QED) is 0.318. The number of thiazole rings is 1. The Kier molecular flexibility index (Phi) is 7.35. The summed E-state index contributed by atoms with van der Waals surface area (Å²) in [5.41, 5.74) is 6.74. The van der Waals surface area contributed by atoms with Gasteiger partial charge in [0.15, 0.2) is 0 Å². The van der Waals surface area contributed by atoms with Crippen LogP contribution in [0.25, 0.3) is 0 Å². The first kappa shape index (κ1) is 20.5. The van der Waals surface area contributed by atoms with Crippen molar-refractivity contribution in [2.75, 3.05) is 12.0 Å². The minimum atomic E-state index is -0.285. The van der Waals surface area contributed by atoms with Gasteiger partial charge < -0.3 is 9.47 Å². The number of anilines is 1. The monoisotopic (exact) mass is 409 g/mol. The molecule has 0 spiro atoms. The van der Waals surface area contributed by atoms with Crippen molar-refractivity contribution in [3.63, 3.8) is 0 Å². The number of nitrogens with zero attached hydrogens (tertiary/aromatic N) is 2. The highest BCUT2D eigenvalue weighted by atomic mass is 32.1. The van der Waals surface area contributed by atoms with Gasteiger partial charge in [0.2, 0.25) is 5.13 Å². The summed E-state index contributed by atoms with van der Waals surface area (Å²) in [6, 6.07) is 16.0. The SMILES string of the molecule is CCOC(=O)Cc1csc(N/N=C\c2ccccc2OCc2ccc(C)cc2)n1. The second-order valence-electron chi connectivity index (χ2n) is 6.31. The number of hydrazone groups is 1. The van der Waals surface area contributed by atoms with E-state index in [1.807, 2.05) is 29.6 Å². The number of esters is 1. The molecule has 150 valence electrons. The first-order valence-corrected chi connectivity index (χ1v) is 10.2. The van der Waals surface area contributed by atoms with Crippen LogP contribution >= 0.6 is 11.3 Å². The first-order valence-electron chi connectivity index (χ1n) is 9.30. The number of nitrogens with one attached hydrogen (secondary N) is 1. The molecule has 0 saturated carbocycles. The van der Waals surface area contributed by atoms with Crippen molar-refractivity contribution in [2.45, 2.75) is 26.9 Å². The molecule has 0 aliphatic carbocycles. The molecule has 3 aromatic rings. The molecule has 0 bridgehead atoms. The van der Waals surface area contributed by atoms with Crippen LogP contribution in [0.4, 0.5) is 5.13 Å². The van der Waals surface area contributed by atoms with Gasteiger partial charge in [0.05, 0.1) is 24.9 Å². The number of para-hydroxylation sites is 1. The molecule has 1 aromatic heterocycles. The Bertz CT molecular complexity index is 967. The molecule has 0 saturated heterocycles. The molecule has 0 radical (unpaired) electrons. The Morgan fingerprint density at radius 2 is 2.00 bits per heavy atom. The number of hydrogen-bond donors (Lipinski definition) is 1. The van der Waals surface area contributed by atoms with Crippen molar-refractivity contribution < 1.29 is 14.3 Å². The van der Waals surface area contributed by atoms with Crippen LogP contribution in [-0.2, 0) is 22.6 Å². The largest absolute Gasteiger partial charge is 0.488 e. The third-order valence-corrected chi connectivity index (χ3v) is 4.78. The van der Waals surface area contributed by atoms with Gasteiger partial charge in [-0.3, -0.25) is 10.2 Å². The molecule has 0 unspecified atom stereocenters. The van der Waals surface area contributed by atoms with E-state index in [2.05, 4.69) is 46.7 Å². The fraction of sp³-hybridized carbons (Fsp3) is 0.227. The van der Waals surface area contributed by atoms with Gasteiger partial charge in [-0.1, -0.05) is 42.0 Å². The molecule has 0 atom stereocenters. The summed E-state index contributed by atoms with van der Waals surface area (Å²) in [6.07, 6.45) is 1.85. The van der Waals surface area contributed by atoms with Crippen molar-refractivity contribution in [3.05, 3.63) is 76.3 Å². The first-order chi connectivity index (χ1) is 14.1. The predicted octanol–water partition coefficient (Wildman–Crippen LogP) is 4.58. The van der Waals surface area contributed by atoms with Crippen LogP contribution in [0.5, 0.6) is 5.75 Å². The number of carbonyl (C=O) groups is 1. The van der Waals surface area contributed by atoms with Crippen LogP contribution in [0, 0.1) is 6.92 Å². The van der Waals surface area contributed by atoms with E-state index in [4.69, 9.17) is 9.47 Å². The summed E-state index contributed by atoms with van der Waals surface area (Å²) in [4.78, 5) is 15.8. The lowest BCUT2D eigenvalue weighted by molar-refractivity contribution is -0.142. The minimum absolute atomic E-state index is 0.158. The van der Waals surface area contributed by atoms with Crippen molar-refractivity contribution in [3.8, 4) is 5.75 Å². The highest BCUT2D eigenvalue weighted by Gasteiger charge is 2.08. The molecular formula is C22H23N3O3S. The van der Waals surface area contributed by atoms with E-state index in [1.165, 1.54) is 16.9 Å². The summed E-state index contributed by atoms with van der Waals surface area (Å²) < 4.78 is 10.9. The molecular weight excluding hydrogens is 386 g/mol. The zero-order valence-electron chi connectivity index (χ0n) is 16.4. The van der Waals surface area contributed by atoms with Gasteiger partial charge in [0.1, 0.15) is 12.4 Å². The average molecular weight is 410 g/mol. The van der Waals surface area contributed by atoms with Gasteiger partial charge in [-0.2, -0.15) is 5.10 Å². The zero-order chi connectivity index (χ0) is 20.5. The number of ether oxygens (including phenoxy) is 2. The van der Waals surface area contributed by atoms with E-state index in [0.29, 0.717) is 24.0 Å².